The molecule has 1 fully saturated rings. The minimum atomic E-state index is 0.251. The third kappa shape index (κ3) is 3.02. The summed E-state index contributed by atoms with van der Waals surface area (Å²) in [4.78, 5) is 0. The van der Waals surface area contributed by atoms with Crippen molar-refractivity contribution in [1.82, 2.24) is 5.32 Å². The van der Waals surface area contributed by atoms with Gasteiger partial charge in [-0.1, -0.05) is 58.9 Å². The van der Waals surface area contributed by atoms with E-state index < -0.39 is 0 Å². The Balaban J connectivity index is 2.12. The molecule has 2 atom stereocenters. The zero-order valence-corrected chi connectivity index (χ0v) is 13.2. The zero-order chi connectivity index (χ0) is 14.1. The molecular formula is C18H29N. The highest BCUT2D eigenvalue weighted by molar-refractivity contribution is 5.37. The maximum absolute atomic E-state index is 3.61. The van der Waals surface area contributed by atoms with Crippen molar-refractivity contribution < 1.29 is 0 Å². The summed E-state index contributed by atoms with van der Waals surface area (Å²) in [6.45, 7) is 13.7. The maximum atomic E-state index is 3.61. The van der Waals surface area contributed by atoms with E-state index in [9.17, 15) is 0 Å². The van der Waals surface area contributed by atoms with Crippen molar-refractivity contribution in [2.75, 3.05) is 13.1 Å². The van der Waals surface area contributed by atoms with Crippen LogP contribution in [0.25, 0.3) is 0 Å². The van der Waals surface area contributed by atoms with Gasteiger partial charge in [-0.3, -0.25) is 0 Å². The van der Waals surface area contributed by atoms with E-state index in [4.69, 9.17) is 0 Å². The zero-order valence-electron chi connectivity index (χ0n) is 13.2. The molecule has 0 heterocycles. The van der Waals surface area contributed by atoms with Crippen LogP contribution < -0.4 is 5.32 Å². The van der Waals surface area contributed by atoms with Crippen molar-refractivity contribution in [3.05, 3.63) is 35.4 Å². The topological polar surface area (TPSA) is 12.0 Å². The Labute approximate surface area is 118 Å². The van der Waals surface area contributed by atoms with E-state index in [-0.39, 0.29) is 5.41 Å². The quantitative estimate of drug-likeness (QED) is 0.779. The van der Waals surface area contributed by atoms with Gasteiger partial charge in [0.1, 0.15) is 0 Å². The number of hydrogen-bond acceptors (Lipinski definition) is 1. The van der Waals surface area contributed by atoms with Crippen molar-refractivity contribution in [3.8, 4) is 0 Å². The van der Waals surface area contributed by atoms with Crippen LogP contribution in [0.1, 0.15) is 58.6 Å². The van der Waals surface area contributed by atoms with Crippen molar-refractivity contribution >= 4 is 0 Å². The third-order valence-electron chi connectivity index (χ3n) is 4.65. The van der Waals surface area contributed by atoms with E-state index in [0.717, 1.165) is 19.0 Å². The molecular weight excluding hydrogens is 230 g/mol. The van der Waals surface area contributed by atoms with Crippen LogP contribution in [0.5, 0.6) is 0 Å². The lowest BCUT2D eigenvalue weighted by Gasteiger charge is -2.22. The SMILES string of the molecule is CCCNCC1(c2ccc(C(C)(C)C)cc2)CC1C. The molecule has 1 N–H and O–H groups in total. The molecule has 0 aromatic heterocycles. The first-order chi connectivity index (χ1) is 8.90. The molecule has 0 spiro atoms. The second-order valence-corrected chi connectivity index (χ2v) is 7.27. The third-order valence-corrected chi connectivity index (χ3v) is 4.65. The molecule has 0 bridgehead atoms. The highest BCUT2D eigenvalue weighted by Crippen LogP contribution is 2.53. The summed E-state index contributed by atoms with van der Waals surface area (Å²) in [5.41, 5.74) is 3.62. The monoisotopic (exact) mass is 259 g/mol. The van der Waals surface area contributed by atoms with Gasteiger partial charge >= 0.3 is 0 Å². The van der Waals surface area contributed by atoms with Crippen LogP contribution in [0.4, 0.5) is 0 Å². The predicted molar refractivity (Wildman–Crippen MR) is 83.8 cm³/mol. The Morgan fingerprint density at radius 2 is 1.79 bits per heavy atom. The van der Waals surface area contributed by atoms with Crippen LogP contribution in [-0.2, 0) is 10.8 Å². The van der Waals surface area contributed by atoms with E-state index in [1.54, 1.807) is 0 Å². The molecule has 1 aromatic rings. The standard InChI is InChI=1S/C18H29N/c1-6-11-19-13-18(12-14(18)2)16-9-7-15(8-10-16)17(3,4)5/h7-10,14,19H,6,11-13H2,1-5H3. The molecule has 106 valence electrons. The van der Waals surface area contributed by atoms with Gasteiger partial charge in [-0.05, 0) is 41.8 Å². The first-order valence-electron chi connectivity index (χ1n) is 7.72. The Hall–Kier alpha value is -0.820. The summed E-state index contributed by atoms with van der Waals surface area (Å²) in [6.07, 6.45) is 2.55. The molecule has 0 amide bonds. The lowest BCUT2D eigenvalue weighted by atomic mass is 9.84. The molecule has 1 saturated carbocycles. The highest BCUT2D eigenvalue weighted by Gasteiger charge is 2.51. The smallest absolute Gasteiger partial charge is 0.0106 e. The summed E-state index contributed by atoms with van der Waals surface area (Å²) in [7, 11) is 0. The molecule has 1 aromatic carbocycles. The number of hydrogen-bond donors (Lipinski definition) is 1. The van der Waals surface area contributed by atoms with Gasteiger partial charge in [-0.15, -0.1) is 0 Å². The van der Waals surface area contributed by atoms with Crippen LogP contribution in [0, 0.1) is 5.92 Å². The molecule has 19 heavy (non-hydrogen) atoms. The van der Waals surface area contributed by atoms with Gasteiger partial charge in [-0.2, -0.15) is 0 Å². The Morgan fingerprint density at radius 3 is 2.21 bits per heavy atom. The largest absolute Gasteiger partial charge is 0.316 e. The van der Waals surface area contributed by atoms with Gasteiger partial charge in [0.25, 0.3) is 0 Å². The Kier molecular flexibility index (Phi) is 4.06. The molecule has 0 radical (unpaired) electrons. The summed E-state index contributed by atoms with van der Waals surface area (Å²) >= 11 is 0. The minimum Gasteiger partial charge on any atom is -0.316 e. The average molecular weight is 259 g/mol. The number of rotatable bonds is 5. The molecule has 1 aliphatic carbocycles. The summed E-state index contributed by atoms with van der Waals surface area (Å²) in [6, 6.07) is 9.36. The Bertz CT molecular complexity index is 412. The van der Waals surface area contributed by atoms with Crippen LogP contribution in [0.15, 0.2) is 24.3 Å². The first kappa shape index (κ1) is 14.6. The predicted octanol–water partition coefficient (Wildman–Crippen LogP) is 4.26. The average Bonchev–Trinajstić information content (AvgIpc) is 3.01. The van der Waals surface area contributed by atoms with Gasteiger partial charge in [0.2, 0.25) is 0 Å². The van der Waals surface area contributed by atoms with Crippen molar-refractivity contribution in [3.63, 3.8) is 0 Å². The van der Waals surface area contributed by atoms with Crippen LogP contribution in [0.3, 0.4) is 0 Å². The van der Waals surface area contributed by atoms with Crippen LogP contribution in [-0.4, -0.2) is 13.1 Å². The molecule has 2 rings (SSSR count). The van der Waals surface area contributed by atoms with Gasteiger partial charge < -0.3 is 5.32 Å². The van der Waals surface area contributed by atoms with Gasteiger partial charge in [0, 0.05) is 12.0 Å². The van der Waals surface area contributed by atoms with E-state index in [1.165, 1.54) is 24.0 Å². The van der Waals surface area contributed by atoms with Crippen molar-refractivity contribution in [1.29, 1.82) is 0 Å². The van der Waals surface area contributed by atoms with Gasteiger partial charge in [-0.25, -0.2) is 0 Å². The van der Waals surface area contributed by atoms with E-state index in [1.807, 2.05) is 0 Å². The molecule has 0 aliphatic heterocycles. The molecule has 0 saturated heterocycles. The highest BCUT2D eigenvalue weighted by atomic mass is 14.9. The molecule has 1 nitrogen and oxygen atoms in total. The lowest BCUT2D eigenvalue weighted by Crippen LogP contribution is -2.29. The second kappa shape index (κ2) is 5.28. The fourth-order valence-electron chi connectivity index (χ4n) is 3.03. The van der Waals surface area contributed by atoms with Crippen LogP contribution in [0.2, 0.25) is 0 Å². The summed E-state index contributed by atoms with van der Waals surface area (Å²) in [5, 5.41) is 3.61. The van der Waals surface area contributed by atoms with Crippen LogP contribution >= 0.6 is 0 Å². The number of nitrogens with one attached hydrogen (secondary N) is 1. The van der Waals surface area contributed by atoms with E-state index >= 15 is 0 Å². The molecule has 1 aliphatic rings. The summed E-state index contributed by atoms with van der Waals surface area (Å²) in [5.74, 6) is 0.817. The van der Waals surface area contributed by atoms with Gasteiger partial charge in [0.05, 0.1) is 0 Å². The second-order valence-electron chi connectivity index (χ2n) is 7.27. The lowest BCUT2D eigenvalue weighted by molar-refractivity contribution is 0.540. The van der Waals surface area contributed by atoms with E-state index in [0.29, 0.717) is 5.41 Å². The maximum Gasteiger partial charge on any atom is 0.0106 e. The minimum absolute atomic E-state index is 0.251. The van der Waals surface area contributed by atoms with E-state index in [2.05, 4.69) is 64.2 Å². The fraction of sp³-hybridized carbons (Fsp3) is 0.667. The number of benzene rings is 1. The van der Waals surface area contributed by atoms with Gasteiger partial charge in [0.15, 0.2) is 0 Å². The summed E-state index contributed by atoms with van der Waals surface area (Å²) < 4.78 is 0. The Morgan fingerprint density at radius 1 is 1.21 bits per heavy atom. The normalized spacial score (nSPS) is 26.5. The first-order valence-corrected chi connectivity index (χ1v) is 7.72. The van der Waals surface area contributed by atoms with Crippen molar-refractivity contribution in [2.45, 2.75) is 58.3 Å². The molecule has 1 heteroatoms. The fourth-order valence-corrected chi connectivity index (χ4v) is 3.03. The molecule has 2 unspecified atom stereocenters. The van der Waals surface area contributed by atoms with Crippen molar-refractivity contribution in [2.24, 2.45) is 5.92 Å².